The van der Waals surface area contributed by atoms with Crippen molar-refractivity contribution in [1.29, 1.82) is 0 Å². The fraction of sp³-hybridized carbons (Fsp3) is 0.333. The van der Waals surface area contributed by atoms with Crippen molar-refractivity contribution >= 4 is 12.2 Å². The molecule has 0 saturated heterocycles. The number of aryl methyl sites for hydroxylation is 1. The number of H-pyrrole nitrogens is 1. The second-order valence-corrected chi connectivity index (χ2v) is 5.13. The van der Waals surface area contributed by atoms with Crippen LogP contribution in [0.2, 0.25) is 0 Å². The predicted octanol–water partition coefficient (Wildman–Crippen LogP) is 3.88. The second kappa shape index (κ2) is 6.05. The molecular weight excluding hydrogens is 270 g/mol. The molecule has 20 heavy (non-hydrogen) atoms. The van der Waals surface area contributed by atoms with Crippen LogP contribution < -0.4 is 4.74 Å². The minimum atomic E-state index is -0.191. The second-order valence-electron chi connectivity index (χ2n) is 4.74. The van der Waals surface area contributed by atoms with Gasteiger partial charge < -0.3 is 4.74 Å². The Hall–Kier alpha value is -1.88. The smallest absolute Gasteiger partial charge is 0.195 e. The number of allylic oxidation sites excluding steroid dienone is 1. The summed E-state index contributed by atoms with van der Waals surface area (Å²) < 4.78 is 8.50. The lowest BCUT2D eigenvalue weighted by molar-refractivity contribution is 0.209. The molecule has 0 amide bonds. The van der Waals surface area contributed by atoms with Gasteiger partial charge in [-0.1, -0.05) is 18.2 Å². The normalized spacial score (nSPS) is 12.2. The van der Waals surface area contributed by atoms with Crippen LogP contribution in [0.25, 0.3) is 0 Å². The van der Waals surface area contributed by atoms with Crippen LogP contribution in [-0.2, 0) is 6.54 Å². The Morgan fingerprint density at radius 1 is 1.50 bits per heavy atom. The minimum absolute atomic E-state index is 0.191. The molecule has 1 aromatic heterocycles. The Bertz CT molecular complexity index is 672. The molecule has 4 nitrogen and oxygen atoms in total. The van der Waals surface area contributed by atoms with Crippen molar-refractivity contribution in [3.63, 3.8) is 0 Å². The summed E-state index contributed by atoms with van der Waals surface area (Å²) in [6, 6.07) is 6.03. The van der Waals surface area contributed by atoms with Gasteiger partial charge in [0, 0.05) is 6.54 Å². The Kier molecular flexibility index (Phi) is 4.39. The Morgan fingerprint density at radius 2 is 2.25 bits per heavy atom. The highest BCUT2D eigenvalue weighted by Crippen LogP contribution is 2.26. The number of benzene rings is 1. The van der Waals surface area contributed by atoms with E-state index in [0.717, 1.165) is 17.1 Å². The summed E-state index contributed by atoms with van der Waals surface area (Å²) in [5, 5.41) is 7.06. The molecule has 1 unspecified atom stereocenters. The summed E-state index contributed by atoms with van der Waals surface area (Å²) >= 11 is 5.21. The zero-order valence-electron chi connectivity index (χ0n) is 12.0. The fourth-order valence-electron chi connectivity index (χ4n) is 2.04. The number of hydrogen-bond acceptors (Lipinski definition) is 3. The highest BCUT2D eigenvalue weighted by Gasteiger charge is 2.16. The Labute approximate surface area is 124 Å². The first-order chi connectivity index (χ1) is 9.54. The lowest BCUT2D eigenvalue weighted by atomic mass is 10.1. The predicted molar refractivity (Wildman–Crippen MR) is 82.6 cm³/mol. The maximum absolute atomic E-state index is 6.03. The van der Waals surface area contributed by atoms with Crippen LogP contribution in [0.15, 0.2) is 30.9 Å². The van der Waals surface area contributed by atoms with Crippen molar-refractivity contribution in [3.05, 3.63) is 52.6 Å². The van der Waals surface area contributed by atoms with Gasteiger partial charge in [0.25, 0.3) is 0 Å². The highest BCUT2D eigenvalue weighted by atomic mass is 32.1. The van der Waals surface area contributed by atoms with E-state index in [-0.39, 0.29) is 6.10 Å². The van der Waals surface area contributed by atoms with Gasteiger partial charge in [-0.15, -0.1) is 6.58 Å². The molecule has 5 heteroatoms. The van der Waals surface area contributed by atoms with Gasteiger partial charge >= 0.3 is 0 Å². The first-order valence-corrected chi connectivity index (χ1v) is 6.94. The first-order valence-electron chi connectivity index (χ1n) is 6.53. The van der Waals surface area contributed by atoms with Crippen molar-refractivity contribution in [2.24, 2.45) is 0 Å². The largest absolute Gasteiger partial charge is 0.482 e. The summed E-state index contributed by atoms with van der Waals surface area (Å²) in [6.45, 7) is 10.4. The molecule has 1 heterocycles. The van der Waals surface area contributed by atoms with Gasteiger partial charge in [-0.3, -0.25) is 9.67 Å². The summed E-state index contributed by atoms with van der Waals surface area (Å²) in [6.07, 6.45) is 1.60. The molecule has 0 aliphatic carbocycles. The van der Waals surface area contributed by atoms with Crippen LogP contribution in [0.3, 0.4) is 0 Å². The van der Waals surface area contributed by atoms with Crippen LogP contribution in [0.5, 0.6) is 5.75 Å². The summed E-state index contributed by atoms with van der Waals surface area (Å²) in [7, 11) is 0. The Balaban J connectivity index is 2.28. The van der Waals surface area contributed by atoms with Crippen molar-refractivity contribution in [3.8, 4) is 5.75 Å². The molecule has 2 aromatic rings. The van der Waals surface area contributed by atoms with E-state index in [1.807, 2.05) is 23.6 Å². The number of nitrogens with one attached hydrogen (secondary N) is 1. The topological polar surface area (TPSA) is 42.8 Å². The third-order valence-corrected chi connectivity index (χ3v) is 3.63. The molecule has 0 bridgehead atoms. The van der Waals surface area contributed by atoms with Crippen LogP contribution in [0, 0.1) is 18.6 Å². The summed E-state index contributed by atoms with van der Waals surface area (Å²) in [5.41, 5.74) is 2.35. The third-order valence-electron chi connectivity index (χ3n) is 3.32. The van der Waals surface area contributed by atoms with Gasteiger partial charge in [-0.25, -0.2) is 0 Å². The zero-order valence-corrected chi connectivity index (χ0v) is 12.8. The van der Waals surface area contributed by atoms with Gasteiger partial charge in [0.2, 0.25) is 0 Å². The molecule has 0 aliphatic heterocycles. The van der Waals surface area contributed by atoms with Gasteiger partial charge in [0.15, 0.2) is 16.7 Å². The first kappa shape index (κ1) is 14.5. The van der Waals surface area contributed by atoms with Crippen molar-refractivity contribution in [2.45, 2.75) is 33.4 Å². The van der Waals surface area contributed by atoms with E-state index in [1.165, 1.54) is 5.56 Å². The van der Waals surface area contributed by atoms with Crippen LogP contribution in [-0.4, -0.2) is 14.8 Å². The number of nitrogens with zero attached hydrogens (tertiary/aromatic N) is 2. The fourth-order valence-corrected chi connectivity index (χ4v) is 2.25. The van der Waals surface area contributed by atoms with Crippen molar-refractivity contribution in [1.82, 2.24) is 14.8 Å². The molecule has 0 radical (unpaired) electrons. The standard InChI is InChI=1S/C15H19N3OS/c1-5-9-18-14(16-17-15(18)20)12(4)19-13-8-6-7-10(2)11(13)3/h5-8,12H,1,9H2,2-4H3,(H,17,20). The monoisotopic (exact) mass is 289 g/mol. The molecule has 0 fully saturated rings. The number of aromatic nitrogens is 3. The number of aromatic amines is 1. The summed E-state index contributed by atoms with van der Waals surface area (Å²) in [4.78, 5) is 0. The number of rotatable bonds is 5. The van der Waals surface area contributed by atoms with Crippen LogP contribution in [0.1, 0.15) is 30.0 Å². The minimum Gasteiger partial charge on any atom is -0.482 e. The molecule has 1 atom stereocenters. The van der Waals surface area contributed by atoms with Crippen LogP contribution >= 0.6 is 12.2 Å². The van der Waals surface area contributed by atoms with E-state index < -0.39 is 0 Å². The highest BCUT2D eigenvalue weighted by molar-refractivity contribution is 7.71. The maximum atomic E-state index is 6.03. The molecule has 0 saturated carbocycles. The quantitative estimate of drug-likeness (QED) is 0.671. The molecule has 0 aliphatic rings. The van der Waals surface area contributed by atoms with E-state index in [0.29, 0.717) is 11.3 Å². The van der Waals surface area contributed by atoms with Gasteiger partial charge in [-0.2, -0.15) is 5.10 Å². The van der Waals surface area contributed by atoms with Crippen LogP contribution in [0.4, 0.5) is 0 Å². The molecular formula is C15H19N3OS. The van der Waals surface area contributed by atoms with Gasteiger partial charge in [0.05, 0.1) is 0 Å². The molecule has 106 valence electrons. The van der Waals surface area contributed by atoms with Crippen molar-refractivity contribution in [2.75, 3.05) is 0 Å². The molecule has 0 spiro atoms. The lowest BCUT2D eigenvalue weighted by Gasteiger charge is -2.17. The van der Waals surface area contributed by atoms with E-state index >= 15 is 0 Å². The molecule has 1 aromatic carbocycles. The van der Waals surface area contributed by atoms with E-state index in [9.17, 15) is 0 Å². The summed E-state index contributed by atoms with van der Waals surface area (Å²) in [5.74, 6) is 1.65. The number of ether oxygens (including phenoxy) is 1. The SMILES string of the molecule is C=CCn1c(C(C)Oc2cccc(C)c2C)n[nH]c1=S. The molecule has 2 rings (SSSR count). The van der Waals surface area contributed by atoms with Gasteiger partial charge in [-0.05, 0) is 50.2 Å². The Morgan fingerprint density at radius 3 is 2.95 bits per heavy atom. The molecule has 1 N–H and O–H groups in total. The van der Waals surface area contributed by atoms with Crippen molar-refractivity contribution < 1.29 is 4.74 Å². The average molecular weight is 289 g/mol. The number of hydrogen-bond donors (Lipinski definition) is 1. The zero-order chi connectivity index (χ0) is 14.7. The van der Waals surface area contributed by atoms with E-state index in [1.54, 1.807) is 6.08 Å². The van der Waals surface area contributed by atoms with Gasteiger partial charge in [0.1, 0.15) is 5.75 Å². The maximum Gasteiger partial charge on any atom is 0.195 e. The lowest BCUT2D eigenvalue weighted by Crippen LogP contribution is -2.12. The third kappa shape index (κ3) is 2.82. The van der Waals surface area contributed by atoms with E-state index in [2.05, 4.69) is 36.7 Å². The average Bonchev–Trinajstić information content (AvgIpc) is 2.77. The van der Waals surface area contributed by atoms with E-state index in [4.69, 9.17) is 17.0 Å².